The summed E-state index contributed by atoms with van der Waals surface area (Å²) in [7, 11) is 0. The van der Waals surface area contributed by atoms with Crippen LogP contribution in [0, 0.1) is 11.6 Å². The van der Waals surface area contributed by atoms with Gasteiger partial charge in [0.05, 0.1) is 5.56 Å². The third kappa shape index (κ3) is 2.29. The monoisotopic (exact) mass is 219 g/mol. The van der Waals surface area contributed by atoms with Gasteiger partial charge < -0.3 is 4.91 Å². The molecule has 0 amide bonds. The topological polar surface area (TPSA) is 62.9 Å². The van der Waals surface area contributed by atoms with Crippen LogP contribution in [0.5, 0.6) is 0 Å². The van der Waals surface area contributed by atoms with Crippen LogP contribution in [0.15, 0.2) is 23.4 Å². The van der Waals surface area contributed by atoms with Crippen molar-refractivity contribution < 1.29 is 17.6 Å². The van der Waals surface area contributed by atoms with Crippen molar-refractivity contribution in [2.75, 3.05) is 0 Å². The molecule has 1 rings (SSSR count). The summed E-state index contributed by atoms with van der Waals surface area (Å²) >= 11 is 0. The number of benzene rings is 1. The van der Waals surface area contributed by atoms with Crippen LogP contribution in [0.3, 0.4) is 0 Å². The second-order valence-electron chi connectivity index (χ2n) is 2.42. The largest absolute Gasteiger partial charge is 0.393 e. The second-order valence-corrected chi connectivity index (χ2v) is 2.42. The smallest absolute Gasteiger partial charge is 0.373 e. The van der Waals surface area contributed by atoms with Gasteiger partial charge in [-0.05, 0) is 12.1 Å². The van der Waals surface area contributed by atoms with Gasteiger partial charge in [0.15, 0.2) is 11.6 Å². The van der Waals surface area contributed by atoms with Crippen LogP contribution in [-0.2, 0) is 6.05 Å². The highest BCUT2D eigenvalue weighted by Crippen LogP contribution is 2.36. The molecule has 0 aliphatic heterocycles. The lowest BCUT2D eigenvalue weighted by Crippen LogP contribution is -2.13. The first-order chi connectivity index (χ1) is 6.99. The number of hydrogen-bond donors (Lipinski definition) is 0. The van der Waals surface area contributed by atoms with E-state index < -0.39 is 23.2 Å². The zero-order valence-electron chi connectivity index (χ0n) is 7.03. The molecule has 0 bridgehead atoms. The van der Waals surface area contributed by atoms with E-state index in [1.807, 2.05) is 4.91 Å². The van der Waals surface area contributed by atoms with E-state index in [0.717, 1.165) is 6.07 Å². The van der Waals surface area contributed by atoms with E-state index in [1.54, 1.807) is 0 Å². The zero-order valence-corrected chi connectivity index (χ0v) is 7.03. The molecule has 0 spiro atoms. The Morgan fingerprint density at radius 2 is 2.00 bits per heavy atom. The average Bonchev–Trinajstić information content (AvgIpc) is 2.19. The van der Waals surface area contributed by atoms with Crippen LogP contribution < -0.4 is 0 Å². The lowest BCUT2D eigenvalue weighted by molar-refractivity contribution is 0.0319. The number of azide groups is 1. The number of alkyl halides is 2. The summed E-state index contributed by atoms with van der Waals surface area (Å²) in [5, 5.41) is 2.26. The van der Waals surface area contributed by atoms with Crippen molar-refractivity contribution in [3.05, 3.63) is 51.3 Å². The van der Waals surface area contributed by atoms with Gasteiger partial charge in [0.1, 0.15) is 0 Å². The molecule has 0 aromatic heterocycles. The predicted molar refractivity (Wildman–Crippen MR) is 42.8 cm³/mol. The molecule has 0 atom stereocenters. The Balaban J connectivity index is 3.14. The Hall–Kier alpha value is -1.95. The van der Waals surface area contributed by atoms with Crippen LogP contribution in [-0.4, -0.2) is 0 Å². The van der Waals surface area contributed by atoms with E-state index in [0.29, 0.717) is 12.1 Å². The summed E-state index contributed by atoms with van der Waals surface area (Å²) < 4.78 is 51.3. The van der Waals surface area contributed by atoms with Gasteiger partial charge in [0.2, 0.25) is 0 Å². The molecule has 15 heavy (non-hydrogen) atoms. The molecule has 0 radical (unpaired) electrons. The fourth-order valence-electron chi connectivity index (χ4n) is 0.866. The van der Waals surface area contributed by atoms with Crippen molar-refractivity contribution in [2.45, 2.75) is 6.05 Å². The molecule has 0 saturated heterocycles. The van der Waals surface area contributed by atoms with Crippen molar-refractivity contribution in [2.24, 2.45) is 5.22 Å². The number of halogens is 4. The maximum absolute atomic E-state index is 12.9. The first-order valence-corrected chi connectivity index (χ1v) is 3.57. The van der Waals surface area contributed by atoms with Crippen LogP contribution in [0.4, 0.5) is 17.6 Å². The molecule has 8 heteroatoms. The Morgan fingerprint density at radius 3 is 2.60 bits per heavy atom. The highest BCUT2D eigenvalue weighted by molar-refractivity contribution is 5.26. The van der Waals surface area contributed by atoms with E-state index in [1.165, 1.54) is 0 Å². The van der Waals surface area contributed by atoms with Gasteiger partial charge >= 0.3 is 6.05 Å². The quantitative estimate of drug-likeness (QED) is 0.186. The molecule has 0 unspecified atom stereocenters. The Labute approximate surface area is 81.1 Å². The summed E-state index contributed by atoms with van der Waals surface area (Å²) in [4.78, 5) is 1.96. The SMILES string of the molecule is [N-]=[N+]=N[N-]C(F)(F)c1cccc(F)c1F. The third-order valence-corrected chi connectivity index (χ3v) is 1.49. The zero-order chi connectivity index (χ0) is 11.5. The molecule has 4 nitrogen and oxygen atoms in total. The van der Waals surface area contributed by atoms with E-state index in [2.05, 4.69) is 10.6 Å². The van der Waals surface area contributed by atoms with E-state index in [-0.39, 0.29) is 0 Å². The standard InChI is InChI=1S/C7H3F4N4/c8-5-3-1-2-4(6(5)9)7(10,11)13-15-14-12/h1-3H/q-1. The van der Waals surface area contributed by atoms with E-state index in [9.17, 15) is 17.6 Å². The second kappa shape index (κ2) is 4.05. The Kier molecular flexibility index (Phi) is 3.01. The molecule has 0 N–H and O–H groups in total. The van der Waals surface area contributed by atoms with Gasteiger partial charge in [-0.2, -0.15) is 14.2 Å². The molecule has 80 valence electrons. The summed E-state index contributed by atoms with van der Waals surface area (Å²) in [6.07, 6.45) is 0. The van der Waals surface area contributed by atoms with Crippen molar-refractivity contribution in [3.63, 3.8) is 0 Å². The fraction of sp³-hybridized carbons (Fsp3) is 0.143. The third-order valence-electron chi connectivity index (χ3n) is 1.49. The maximum atomic E-state index is 12.9. The number of rotatable bonds is 3. The lowest BCUT2D eigenvalue weighted by atomic mass is 10.2. The molecule has 0 aliphatic carbocycles. The average molecular weight is 219 g/mol. The maximum Gasteiger partial charge on any atom is 0.373 e. The first-order valence-electron chi connectivity index (χ1n) is 3.57. The van der Waals surface area contributed by atoms with Gasteiger partial charge in [-0.25, -0.2) is 14.0 Å². The molecule has 0 heterocycles. The molecule has 1 aromatic carbocycles. The molecule has 0 aliphatic rings. The molecule has 1 aromatic rings. The minimum atomic E-state index is -4.08. The Bertz CT molecular complexity index is 413. The lowest BCUT2D eigenvalue weighted by Gasteiger charge is -2.15. The predicted octanol–water partition coefficient (Wildman–Crippen LogP) is 3.61. The van der Waals surface area contributed by atoms with Crippen LogP contribution in [0.2, 0.25) is 0 Å². The van der Waals surface area contributed by atoms with Gasteiger partial charge in [0, 0.05) is 0 Å². The van der Waals surface area contributed by atoms with Crippen molar-refractivity contribution in [1.29, 1.82) is 0 Å². The number of hydrogen-bond acceptors (Lipinski definition) is 1. The summed E-state index contributed by atoms with van der Waals surface area (Å²) in [5.74, 6) is -3.15. The van der Waals surface area contributed by atoms with Crippen LogP contribution in [0.25, 0.3) is 15.9 Å². The highest BCUT2D eigenvalue weighted by atomic mass is 19.3. The van der Waals surface area contributed by atoms with Crippen molar-refractivity contribution in [3.8, 4) is 0 Å². The van der Waals surface area contributed by atoms with Crippen LogP contribution in [0.1, 0.15) is 5.56 Å². The molecule has 0 fully saturated rings. The normalized spacial score (nSPS) is 10.7. The first kappa shape index (κ1) is 11.1. The Morgan fingerprint density at radius 1 is 1.33 bits per heavy atom. The fourth-order valence-corrected chi connectivity index (χ4v) is 0.866. The molecular formula is C7H3F4N4-. The summed E-state index contributed by atoms with van der Waals surface area (Å²) in [6.45, 7) is 0. The van der Waals surface area contributed by atoms with Crippen molar-refractivity contribution in [1.82, 2.24) is 0 Å². The van der Waals surface area contributed by atoms with Gasteiger partial charge in [-0.15, -0.1) is 0 Å². The van der Waals surface area contributed by atoms with Crippen molar-refractivity contribution >= 4 is 0 Å². The molecular weight excluding hydrogens is 216 g/mol. The van der Waals surface area contributed by atoms with Crippen LogP contribution >= 0.6 is 0 Å². The van der Waals surface area contributed by atoms with Gasteiger partial charge in [-0.1, -0.05) is 6.07 Å². The minimum Gasteiger partial charge on any atom is -0.393 e. The van der Waals surface area contributed by atoms with E-state index >= 15 is 0 Å². The van der Waals surface area contributed by atoms with Gasteiger partial charge in [-0.3, -0.25) is 5.53 Å². The highest BCUT2D eigenvalue weighted by Gasteiger charge is 2.35. The molecule has 0 saturated carbocycles. The summed E-state index contributed by atoms with van der Waals surface area (Å²) in [6, 6.07) is -1.86. The van der Waals surface area contributed by atoms with Gasteiger partial charge in [0.25, 0.3) is 0 Å². The minimum absolute atomic E-state index is 0.648. The number of nitrogens with zero attached hydrogens (tertiary/aromatic N) is 4. The van der Waals surface area contributed by atoms with E-state index in [4.69, 9.17) is 5.53 Å². The summed E-state index contributed by atoms with van der Waals surface area (Å²) in [5.41, 5.74) is 8.70.